The summed E-state index contributed by atoms with van der Waals surface area (Å²) in [4.78, 5) is 46.9. The minimum absolute atomic E-state index is 0.178. The van der Waals surface area contributed by atoms with E-state index in [9.17, 15) is 14.4 Å². The van der Waals surface area contributed by atoms with Gasteiger partial charge >= 0.3 is 5.69 Å². The van der Waals surface area contributed by atoms with Gasteiger partial charge in [0.1, 0.15) is 5.65 Å². The van der Waals surface area contributed by atoms with Gasteiger partial charge in [-0.1, -0.05) is 44.2 Å². The Balaban J connectivity index is 1.82. The molecule has 1 aromatic carbocycles. The summed E-state index contributed by atoms with van der Waals surface area (Å²) in [5, 5.41) is 4.74. The standard InChI is InChI=1S/C23H29N7O3/c1-4-13-29-19-18(20(32)30(14-5-2)22(29)33)25-21(26-19)23(11-12-24-28(23)3)27-17(31)15-16-9-7-6-8-10-16/h6-12,24H,4-5,13-15H2,1-3H3,(H,25,26)(H,27,31). The van der Waals surface area contributed by atoms with Gasteiger partial charge in [-0.05, 0) is 24.5 Å². The molecule has 10 nitrogen and oxygen atoms in total. The van der Waals surface area contributed by atoms with Crippen LogP contribution in [0, 0.1) is 0 Å². The highest BCUT2D eigenvalue weighted by molar-refractivity contribution is 5.80. The van der Waals surface area contributed by atoms with Crippen molar-refractivity contribution in [3.05, 3.63) is 74.8 Å². The number of H-pyrrole nitrogens is 1. The molecule has 1 unspecified atom stereocenters. The van der Waals surface area contributed by atoms with Crippen LogP contribution in [0.2, 0.25) is 0 Å². The fourth-order valence-corrected chi connectivity index (χ4v) is 4.14. The summed E-state index contributed by atoms with van der Waals surface area (Å²) in [7, 11) is 1.77. The van der Waals surface area contributed by atoms with Gasteiger partial charge in [0.25, 0.3) is 5.56 Å². The number of nitrogens with zero attached hydrogens (tertiary/aromatic N) is 4. The molecule has 0 bridgehead atoms. The van der Waals surface area contributed by atoms with E-state index in [1.807, 2.05) is 44.2 Å². The average molecular weight is 452 g/mol. The van der Waals surface area contributed by atoms with Crippen molar-refractivity contribution < 1.29 is 4.79 Å². The number of carbonyl (C=O) groups is 1. The molecule has 0 radical (unpaired) electrons. The first kappa shape index (κ1) is 22.5. The van der Waals surface area contributed by atoms with E-state index in [0.29, 0.717) is 37.4 Å². The molecule has 4 rings (SSSR count). The third-order valence-corrected chi connectivity index (χ3v) is 5.78. The maximum Gasteiger partial charge on any atom is 0.332 e. The van der Waals surface area contributed by atoms with Crippen LogP contribution >= 0.6 is 0 Å². The fraction of sp³-hybridized carbons (Fsp3) is 0.391. The normalized spacial score (nSPS) is 18.0. The largest absolute Gasteiger partial charge is 0.332 e. The lowest BCUT2D eigenvalue weighted by molar-refractivity contribution is -0.124. The van der Waals surface area contributed by atoms with Gasteiger partial charge in [-0.3, -0.25) is 18.7 Å². The quantitative estimate of drug-likeness (QED) is 0.474. The second-order valence-electron chi connectivity index (χ2n) is 8.17. The van der Waals surface area contributed by atoms with Crippen LogP contribution in [-0.2, 0) is 30.0 Å². The number of carbonyl (C=O) groups excluding carboxylic acids is 1. The van der Waals surface area contributed by atoms with Crippen molar-refractivity contribution in [2.45, 2.75) is 51.9 Å². The third kappa shape index (κ3) is 3.97. The molecule has 0 aliphatic carbocycles. The minimum atomic E-state index is -1.15. The average Bonchev–Trinajstić information content (AvgIpc) is 3.40. The molecule has 0 spiro atoms. The van der Waals surface area contributed by atoms with Gasteiger partial charge in [0.05, 0.1) is 6.42 Å². The van der Waals surface area contributed by atoms with Gasteiger partial charge in [-0.2, -0.15) is 5.01 Å². The van der Waals surface area contributed by atoms with E-state index in [0.717, 1.165) is 5.56 Å². The van der Waals surface area contributed by atoms with Gasteiger partial charge in [0.2, 0.25) is 5.91 Å². The Hall–Kier alpha value is -3.66. The number of amides is 1. The van der Waals surface area contributed by atoms with E-state index < -0.39 is 11.2 Å². The van der Waals surface area contributed by atoms with Gasteiger partial charge in [0.15, 0.2) is 17.0 Å². The van der Waals surface area contributed by atoms with Gasteiger partial charge in [-0.25, -0.2) is 9.78 Å². The molecular weight excluding hydrogens is 422 g/mol. The Kier molecular flexibility index (Phi) is 6.19. The summed E-state index contributed by atoms with van der Waals surface area (Å²) >= 11 is 0. The van der Waals surface area contributed by atoms with Crippen molar-refractivity contribution >= 4 is 17.1 Å². The highest BCUT2D eigenvalue weighted by Crippen LogP contribution is 2.27. The summed E-state index contributed by atoms with van der Waals surface area (Å²) in [5.74, 6) is 0.134. The predicted molar refractivity (Wildman–Crippen MR) is 125 cm³/mol. The van der Waals surface area contributed by atoms with Crippen molar-refractivity contribution in [3.63, 3.8) is 0 Å². The molecule has 33 heavy (non-hydrogen) atoms. The number of nitrogens with one attached hydrogen (secondary N) is 3. The van der Waals surface area contributed by atoms with Gasteiger partial charge < -0.3 is 15.7 Å². The summed E-state index contributed by atoms with van der Waals surface area (Å²) in [6, 6.07) is 9.44. The Labute approximate surface area is 190 Å². The van der Waals surface area contributed by atoms with Crippen LogP contribution in [0.3, 0.4) is 0 Å². The minimum Gasteiger partial charge on any atom is -0.326 e. The zero-order valence-corrected chi connectivity index (χ0v) is 19.1. The molecule has 3 heterocycles. The molecular formula is C23H29N7O3. The molecule has 1 aliphatic rings. The van der Waals surface area contributed by atoms with E-state index in [4.69, 9.17) is 0 Å². The topological polar surface area (TPSA) is 117 Å². The van der Waals surface area contributed by atoms with E-state index >= 15 is 0 Å². The van der Waals surface area contributed by atoms with Crippen LogP contribution in [0.15, 0.2) is 52.2 Å². The molecule has 0 saturated heterocycles. The first-order chi connectivity index (χ1) is 15.9. The summed E-state index contributed by atoms with van der Waals surface area (Å²) in [5.41, 5.74) is 2.52. The Morgan fingerprint density at radius 3 is 2.42 bits per heavy atom. The molecule has 1 atom stereocenters. The number of aromatic amines is 1. The van der Waals surface area contributed by atoms with Crippen LogP contribution < -0.4 is 22.0 Å². The monoisotopic (exact) mass is 451 g/mol. The molecule has 1 amide bonds. The van der Waals surface area contributed by atoms with Crippen molar-refractivity contribution in [1.29, 1.82) is 0 Å². The molecule has 0 saturated carbocycles. The van der Waals surface area contributed by atoms with Crippen molar-refractivity contribution in [2.75, 3.05) is 7.05 Å². The van der Waals surface area contributed by atoms with Crippen molar-refractivity contribution in [1.82, 2.24) is 34.9 Å². The number of hydrazine groups is 1. The van der Waals surface area contributed by atoms with Gasteiger partial charge in [0, 0.05) is 26.3 Å². The molecule has 174 valence electrons. The lowest BCUT2D eigenvalue weighted by Crippen LogP contribution is -2.56. The molecule has 1 aliphatic heterocycles. The maximum atomic E-state index is 13.1. The van der Waals surface area contributed by atoms with Gasteiger partial charge in [-0.15, -0.1) is 0 Å². The highest BCUT2D eigenvalue weighted by atomic mass is 16.2. The molecule has 2 aromatic heterocycles. The Bertz CT molecular complexity index is 1310. The van der Waals surface area contributed by atoms with E-state index in [2.05, 4.69) is 20.7 Å². The number of imidazole rings is 1. The Morgan fingerprint density at radius 1 is 1.09 bits per heavy atom. The number of likely N-dealkylation sites (N-methyl/N-ethyl adjacent to an activating group) is 1. The van der Waals surface area contributed by atoms with E-state index in [1.165, 1.54) is 4.57 Å². The summed E-state index contributed by atoms with van der Waals surface area (Å²) < 4.78 is 2.78. The lowest BCUT2D eigenvalue weighted by Gasteiger charge is -2.33. The fourth-order valence-electron chi connectivity index (χ4n) is 4.14. The molecule has 3 aromatic rings. The number of benzene rings is 1. The molecule has 3 N–H and O–H groups in total. The second-order valence-corrected chi connectivity index (χ2v) is 8.17. The predicted octanol–water partition coefficient (Wildman–Crippen LogP) is 1.18. The number of hydrogen-bond acceptors (Lipinski definition) is 6. The summed E-state index contributed by atoms with van der Waals surface area (Å²) in [6.45, 7) is 4.64. The lowest BCUT2D eigenvalue weighted by atomic mass is 10.1. The number of fused-ring (bicyclic) bond motifs is 1. The zero-order chi connectivity index (χ0) is 23.6. The van der Waals surface area contributed by atoms with Crippen LogP contribution in [0.5, 0.6) is 0 Å². The highest BCUT2D eigenvalue weighted by Gasteiger charge is 2.42. The third-order valence-electron chi connectivity index (χ3n) is 5.78. The van der Waals surface area contributed by atoms with Crippen LogP contribution in [0.25, 0.3) is 11.2 Å². The smallest absolute Gasteiger partial charge is 0.326 e. The molecule has 10 heteroatoms. The number of aromatic nitrogens is 4. The number of rotatable bonds is 8. The van der Waals surface area contributed by atoms with Crippen LogP contribution in [0.4, 0.5) is 0 Å². The van der Waals surface area contributed by atoms with Crippen molar-refractivity contribution in [2.24, 2.45) is 0 Å². The number of hydrogen-bond donors (Lipinski definition) is 3. The SMILES string of the molecule is CCCn1c(=O)c2nc(C3(NC(=O)Cc4ccccc4)C=CNN3C)[nH]c2n(CCC)c1=O. The van der Waals surface area contributed by atoms with E-state index in [-0.39, 0.29) is 23.5 Å². The Morgan fingerprint density at radius 2 is 1.79 bits per heavy atom. The second kappa shape index (κ2) is 9.07. The zero-order valence-electron chi connectivity index (χ0n) is 19.1. The maximum absolute atomic E-state index is 13.1. The van der Waals surface area contributed by atoms with Crippen LogP contribution in [0.1, 0.15) is 38.1 Å². The first-order valence-electron chi connectivity index (χ1n) is 11.2. The summed E-state index contributed by atoms with van der Waals surface area (Å²) in [6.07, 6.45) is 5.02. The van der Waals surface area contributed by atoms with E-state index in [1.54, 1.807) is 28.9 Å². The van der Waals surface area contributed by atoms with Crippen molar-refractivity contribution in [3.8, 4) is 0 Å². The first-order valence-corrected chi connectivity index (χ1v) is 11.2. The molecule has 0 fully saturated rings. The van der Waals surface area contributed by atoms with Crippen LogP contribution in [-0.4, -0.2) is 37.1 Å². The number of aryl methyl sites for hydroxylation is 1.